The van der Waals surface area contributed by atoms with E-state index in [9.17, 15) is 9.59 Å². The molecule has 0 N–H and O–H groups in total. The van der Waals surface area contributed by atoms with E-state index in [1.54, 1.807) is 12.3 Å². The first-order chi connectivity index (χ1) is 10.7. The lowest BCUT2D eigenvalue weighted by atomic mass is 10.1. The lowest BCUT2D eigenvalue weighted by Crippen LogP contribution is -2.26. The van der Waals surface area contributed by atoms with Gasteiger partial charge >= 0.3 is 12.1 Å². The first kappa shape index (κ1) is 17.3. The van der Waals surface area contributed by atoms with Crippen LogP contribution in [0.4, 0.5) is 4.79 Å². The maximum atomic E-state index is 12.4. The SMILES string of the molecule is COC(=O)/C=C/c1cn(C(=O)OC(C)(C)C)c2ccc(Br)cc12. The first-order valence-electron chi connectivity index (χ1n) is 7.01. The monoisotopic (exact) mass is 379 g/mol. The molecule has 122 valence electrons. The molecule has 0 amide bonds. The molecular formula is C17H18BrNO4. The summed E-state index contributed by atoms with van der Waals surface area (Å²) in [5.41, 5.74) is 0.829. The Balaban J connectivity index is 2.52. The van der Waals surface area contributed by atoms with Crippen LogP contribution in [0.25, 0.3) is 17.0 Å². The molecule has 23 heavy (non-hydrogen) atoms. The third-order valence-corrected chi connectivity index (χ3v) is 3.48. The van der Waals surface area contributed by atoms with Crippen LogP contribution in [0.2, 0.25) is 0 Å². The van der Waals surface area contributed by atoms with Crippen molar-refractivity contribution in [2.24, 2.45) is 0 Å². The quantitative estimate of drug-likeness (QED) is 0.573. The number of ether oxygens (including phenoxy) is 2. The topological polar surface area (TPSA) is 57.5 Å². The van der Waals surface area contributed by atoms with Gasteiger partial charge in [0, 0.05) is 27.7 Å². The molecule has 1 aromatic carbocycles. The molecule has 2 aromatic rings. The van der Waals surface area contributed by atoms with E-state index in [2.05, 4.69) is 20.7 Å². The van der Waals surface area contributed by atoms with Crippen LogP contribution in [-0.4, -0.2) is 29.3 Å². The van der Waals surface area contributed by atoms with Crippen molar-refractivity contribution in [2.75, 3.05) is 7.11 Å². The molecule has 1 heterocycles. The number of halogens is 1. The van der Waals surface area contributed by atoms with Crippen LogP contribution < -0.4 is 0 Å². The van der Waals surface area contributed by atoms with Crippen LogP contribution in [0.5, 0.6) is 0 Å². The van der Waals surface area contributed by atoms with Crippen LogP contribution in [0, 0.1) is 0 Å². The number of hydrogen-bond acceptors (Lipinski definition) is 4. The molecule has 0 fully saturated rings. The second kappa shape index (κ2) is 6.58. The normalized spacial score (nSPS) is 11.9. The van der Waals surface area contributed by atoms with Gasteiger partial charge in [-0.05, 0) is 45.0 Å². The van der Waals surface area contributed by atoms with Gasteiger partial charge in [0.15, 0.2) is 0 Å². The summed E-state index contributed by atoms with van der Waals surface area (Å²) in [7, 11) is 1.31. The smallest absolute Gasteiger partial charge is 0.419 e. The van der Waals surface area contributed by atoms with Crippen molar-refractivity contribution >= 4 is 45.0 Å². The second-order valence-corrected chi connectivity index (χ2v) is 6.87. The largest absolute Gasteiger partial charge is 0.466 e. The number of rotatable bonds is 2. The zero-order valence-electron chi connectivity index (χ0n) is 13.4. The number of carbonyl (C=O) groups is 2. The molecule has 0 atom stereocenters. The summed E-state index contributed by atoms with van der Waals surface area (Å²) in [4.78, 5) is 23.7. The highest BCUT2D eigenvalue weighted by molar-refractivity contribution is 9.10. The third kappa shape index (κ3) is 4.22. The van der Waals surface area contributed by atoms with E-state index in [1.165, 1.54) is 17.8 Å². The minimum Gasteiger partial charge on any atom is -0.466 e. The lowest BCUT2D eigenvalue weighted by molar-refractivity contribution is -0.134. The molecule has 0 saturated carbocycles. The number of fused-ring (bicyclic) bond motifs is 1. The number of nitrogens with zero attached hydrogens (tertiary/aromatic N) is 1. The summed E-state index contributed by atoms with van der Waals surface area (Å²) in [6.45, 7) is 5.43. The van der Waals surface area contributed by atoms with E-state index in [-0.39, 0.29) is 0 Å². The van der Waals surface area contributed by atoms with Gasteiger partial charge in [-0.3, -0.25) is 4.57 Å². The van der Waals surface area contributed by atoms with Gasteiger partial charge in [-0.15, -0.1) is 0 Å². The Hall–Kier alpha value is -2.08. The van der Waals surface area contributed by atoms with Gasteiger partial charge in [-0.1, -0.05) is 15.9 Å². The fourth-order valence-corrected chi connectivity index (χ4v) is 2.41. The molecule has 0 unspecified atom stereocenters. The van der Waals surface area contributed by atoms with E-state index >= 15 is 0 Å². The van der Waals surface area contributed by atoms with E-state index < -0.39 is 17.7 Å². The van der Waals surface area contributed by atoms with Gasteiger partial charge in [0.2, 0.25) is 0 Å². The lowest BCUT2D eigenvalue weighted by Gasteiger charge is -2.19. The zero-order chi connectivity index (χ0) is 17.2. The summed E-state index contributed by atoms with van der Waals surface area (Å²) in [5.74, 6) is -0.460. The Labute approximate surface area is 143 Å². The minimum absolute atomic E-state index is 0.460. The van der Waals surface area contributed by atoms with Crippen molar-refractivity contribution < 1.29 is 19.1 Å². The average Bonchev–Trinajstić information content (AvgIpc) is 2.81. The van der Waals surface area contributed by atoms with Gasteiger partial charge in [0.1, 0.15) is 5.60 Å². The first-order valence-corrected chi connectivity index (χ1v) is 7.80. The van der Waals surface area contributed by atoms with Crippen molar-refractivity contribution in [3.63, 3.8) is 0 Å². The van der Waals surface area contributed by atoms with Crippen molar-refractivity contribution in [3.05, 3.63) is 40.5 Å². The Morgan fingerprint density at radius 1 is 1.26 bits per heavy atom. The van der Waals surface area contributed by atoms with Crippen molar-refractivity contribution in [1.82, 2.24) is 4.57 Å². The molecule has 2 rings (SSSR count). The van der Waals surface area contributed by atoms with Crippen molar-refractivity contribution in [3.8, 4) is 0 Å². The van der Waals surface area contributed by atoms with Crippen LogP contribution in [0.3, 0.4) is 0 Å². The molecule has 0 aliphatic carbocycles. The molecule has 0 spiro atoms. The predicted octanol–water partition coefficient (Wildman–Crippen LogP) is 4.37. The summed E-state index contributed by atoms with van der Waals surface area (Å²) >= 11 is 3.41. The molecule has 6 heteroatoms. The highest BCUT2D eigenvalue weighted by atomic mass is 79.9. The Bertz CT molecular complexity index is 784. The van der Waals surface area contributed by atoms with E-state index in [1.807, 2.05) is 39.0 Å². The summed E-state index contributed by atoms with van der Waals surface area (Å²) in [6, 6.07) is 5.54. The molecule has 0 radical (unpaired) electrons. The van der Waals surface area contributed by atoms with E-state index in [0.717, 1.165) is 15.4 Å². The molecule has 0 bridgehead atoms. The number of esters is 1. The third-order valence-electron chi connectivity index (χ3n) is 2.99. The molecule has 5 nitrogen and oxygen atoms in total. The second-order valence-electron chi connectivity index (χ2n) is 5.95. The molecule has 0 aliphatic rings. The predicted molar refractivity (Wildman–Crippen MR) is 92.3 cm³/mol. The van der Waals surface area contributed by atoms with Crippen molar-refractivity contribution in [1.29, 1.82) is 0 Å². The fourth-order valence-electron chi connectivity index (χ4n) is 2.05. The zero-order valence-corrected chi connectivity index (χ0v) is 15.0. The number of carbonyl (C=O) groups excluding carboxylic acids is 2. The summed E-state index contributed by atoms with van der Waals surface area (Å²) in [5, 5.41) is 0.824. The Kier molecular flexibility index (Phi) is 4.94. The number of aromatic nitrogens is 1. The number of methoxy groups -OCH3 is 1. The van der Waals surface area contributed by atoms with Crippen LogP contribution in [0.1, 0.15) is 26.3 Å². The molecule has 0 saturated heterocycles. The van der Waals surface area contributed by atoms with Crippen LogP contribution in [-0.2, 0) is 14.3 Å². The maximum Gasteiger partial charge on any atom is 0.419 e. The summed E-state index contributed by atoms with van der Waals surface area (Å²) < 4.78 is 12.3. The van der Waals surface area contributed by atoms with E-state index in [4.69, 9.17) is 4.74 Å². The highest BCUT2D eigenvalue weighted by Crippen LogP contribution is 2.27. The average molecular weight is 380 g/mol. The van der Waals surface area contributed by atoms with Gasteiger partial charge in [0.05, 0.1) is 12.6 Å². The molecule has 1 aromatic heterocycles. The summed E-state index contributed by atoms with van der Waals surface area (Å²) in [6.07, 6.45) is 4.10. The standard InChI is InChI=1S/C17H18BrNO4/c1-17(2,3)23-16(21)19-10-11(5-8-15(20)22-4)13-9-12(18)6-7-14(13)19/h5-10H,1-4H3/b8-5+. The Morgan fingerprint density at radius 2 is 1.96 bits per heavy atom. The van der Waals surface area contributed by atoms with Crippen LogP contribution in [0.15, 0.2) is 34.9 Å². The van der Waals surface area contributed by atoms with Gasteiger partial charge in [-0.2, -0.15) is 0 Å². The number of benzene rings is 1. The highest BCUT2D eigenvalue weighted by Gasteiger charge is 2.20. The van der Waals surface area contributed by atoms with Gasteiger partial charge in [0.25, 0.3) is 0 Å². The molecular weight excluding hydrogens is 362 g/mol. The van der Waals surface area contributed by atoms with Gasteiger partial charge < -0.3 is 9.47 Å². The maximum absolute atomic E-state index is 12.4. The minimum atomic E-state index is -0.592. The molecule has 0 aliphatic heterocycles. The number of hydrogen-bond donors (Lipinski definition) is 0. The fraction of sp³-hybridized carbons (Fsp3) is 0.294. The van der Waals surface area contributed by atoms with Crippen molar-refractivity contribution in [2.45, 2.75) is 26.4 Å². The van der Waals surface area contributed by atoms with E-state index in [0.29, 0.717) is 5.52 Å². The Morgan fingerprint density at radius 3 is 2.57 bits per heavy atom. The van der Waals surface area contributed by atoms with Crippen LogP contribution >= 0.6 is 15.9 Å². The van der Waals surface area contributed by atoms with Gasteiger partial charge in [-0.25, -0.2) is 9.59 Å².